The fraction of sp³-hybridized carbons (Fsp3) is 0.333. The van der Waals surface area contributed by atoms with Crippen LogP contribution in [0.25, 0.3) is 0 Å². The molecule has 1 rings (SSSR count). The summed E-state index contributed by atoms with van der Waals surface area (Å²) in [6.45, 7) is 1.66. The number of nitrogens with one attached hydrogen (secondary N) is 1. The third kappa shape index (κ3) is 1.49. The highest BCUT2D eigenvalue weighted by Crippen LogP contribution is 1.89. The van der Waals surface area contributed by atoms with E-state index in [0.29, 0.717) is 5.69 Å². The third-order valence-corrected chi connectivity index (χ3v) is 1.39. The first kappa shape index (κ1) is 7.59. The molecule has 0 atom stereocenters. The molecular formula is C6H9N3O2. The van der Waals surface area contributed by atoms with Crippen molar-refractivity contribution in [1.82, 2.24) is 9.55 Å². The molecule has 60 valence electrons. The Labute approximate surface area is 62.8 Å². The summed E-state index contributed by atoms with van der Waals surface area (Å²) in [7, 11) is 0. The highest BCUT2D eigenvalue weighted by molar-refractivity contribution is 5.73. The molecule has 0 fully saturated rings. The number of nitrogens with two attached hydrogens (primary N) is 1. The summed E-state index contributed by atoms with van der Waals surface area (Å²) in [4.78, 5) is 23.7. The van der Waals surface area contributed by atoms with Gasteiger partial charge < -0.3 is 10.7 Å². The lowest BCUT2D eigenvalue weighted by atomic mass is 10.5. The van der Waals surface area contributed by atoms with Gasteiger partial charge in [0.25, 0.3) is 0 Å². The SMILES string of the molecule is Cc1c[nH]c(=O)n1CC(N)=O. The van der Waals surface area contributed by atoms with Crippen molar-refractivity contribution >= 4 is 5.91 Å². The molecule has 0 saturated carbocycles. The summed E-state index contributed by atoms with van der Waals surface area (Å²) < 4.78 is 1.28. The van der Waals surface area contributed by atoms with Crippen LogP contribution in [0.2, 0.25) is 0 Å². The molecule has 0 spiro atoms. The van der Waals surface area contributed by atoms with E-state index in [2.05, 4.69) is 4.98 Å². The maximum absolute atomic E-state index is 10.9. The maximum Gasteiger partial charge on any atom is 0.326 e. The van der Waals surface area contributed by atoms with Gasteiger partial charge in [-0.25, -0.2) is 4.79 Å². The van der Waals surface area contributed by atoms with Crippen molar-refractivity contribution in [2.24, 2.45) is 5.73 Å². The molecule has 0 aliphatic heterocycles. The number of nitrogens with zero attached hydrogens (tertiary/aromatic N) is 1. The number of hydrogen-bond acceptors (Lipinski definition) is 2. The number of carbonyl (C=O) groups excluding carboxylic acids is 1. The highest BCUT2D eigenvalue weighted by Gasteiger charge is 2.03. The number of aromatic nitrogens is 2. The Morgan fingerprint density at radius 2 is 2.45 bits per heavy atom. The number of primary amides is 1. The van der Waals surface area contributed by atoms with E-state index in [0.717, 1.165) is 0 Å². The average molecular weight is 155 g/mol. The molecule has 1 aromatic heterocycles. The standard InChI is InChI=1S/C6H9N3O2/c1-4-2-8-6(11)9(4)3-5(7)10/h2H,3H2,1H3,(H2,7,10)(H,8,11). The van der Waals surface area contributed by atoms with Crippen LogP contribution < -0.4 is 11.4 Å². The van der Waals surface area contributed by atoms with Gasteiger partial charge in [0.1, 0.15) is 6.54 Å². The van der Waals surface area contributed by atoms with Crippen molar-refractivity contribution < 1.29 is 4.79 Å². The second-order valence-electron chi connectivity index (χ2n) is 2.29. The zero-order valence-corrected chi connectivity index (χ0v) is 6.13. The highest BCUT2D eigenvalue weighted by atomic mass is 16.2. The molecule has 5 nitrogen and oxygen atoms in total. The van der Waals surface area contributed by atoms with E-state index >= 15 is 0 Å². The number of aromatic amines is 1. The molecule has 3 N–H and O–H groups in total. The zero-order valence-electron chi connectivity index (χ0n) is 6.13. The van der Waals surface area contributed by atoms with Crippen LogP contribution in [-0.4, -0.2) is 15.5 Å². The summed E-state index contributed by atoms with van der Waals surface area (Å²) in [5.41, 5.74) is 5.31. The van der Waals surface area contributed by atoms with E-state index in [-0.39, 0.29) is 12.2 Å². The fourth-order valence-electron chi connectivity index (χ4n) is 0.835. The molecule has 0 unspecified atom stereocenters. The Kier molecular flexibility index (Phi) is 1.80. The minimum Gasteiger partial charge on any atom is -0.368 e. The number of amides is 1. The molecular weight excluding hydrogens is 146 g/mol. The quantitative estimate of drug-likeness (QED) is 0.572. The van der Waals surface area contributed by atoms with Gasteiger partial charge in [0.05, 0.1) is 0 Å². The van der Waals surface area contributed by atoms with Crippen LogP contribution in [-0.2, 0) is 11.3 Å². The van der Waals surface area contributed by atoms with Crippen molar-refractivity contribution in [2.45, 2.75) is 13.5 Å². The van der Waals surface area contributed by atoms with Crippen molar-refractivity contribution in [3.8, 4) is 0 Å². The van der Waals surface area contributed by atoms with Crippen molar-refractivity contribution in [2.75, 3.05) is 0 Å². The fourth-order valence-corrected chi connectivity index (χ4v) is 0.835. The number of hydrogen-bond donors (Lipinski definition) is 2. The van der Waals surface area contributed by atoms with Crippen LogP contribution >= 0.6 is 0 Å². The monoisotopic (exact) mass is 155 g/mol. The van der Waals surface area contributed by atoms with Crippen LogP contribution in [0.15, 0.2) is 11.0 Å². The first-order valence-electron chi connectivity index (χ1n) is 3.14. The number of imidazole rings is 1. The maximum atomic E-state index is 10.9. The minimum atomic E-state index is -0.519. The largest absolute Gasteiger partial charge is 0.368 e. The predicted molar refractivity (Wildman–Crippen MR) is 39.0 cm³/mol. The lowest BCUT2D eigenvalue weighted by molar-refractivity contribution is -0.118. The van der Waals surface area contributed by atoms with E-state index in [1.54, 1.807) is 6.92 Å². The first-order valence-corrected chi connectivity index (χ1v) is 3.14. The van der Waals surface area contributed by atoms with Gasteiger partial charge in [0.2, 0.25) is 5.91 Å². The van der Waals surface area contributed by atoms with Crippen LogP contribution in [0.4, 0.5) is 0 Å². The molecule has 0 saturated heterocycles. The normalized spacial score (nSPS) is 9.91. The van der Waals surface area contributed by atoms with Gasteiger partial charge in [0.15, 0.2) is 0 Å². The molecule has 11 heavy (non-hydrogen) atoms. The minimum absolute atomic E-state index is 0.0613. The zero-order chi connectivity index (χ0) is 8.43. The van der Waals surface area contributed by atoms with Gasteiger partial charge in [-0.1, -0.05) is 0 Å². The molecule has 1 amide bonds. The number of H-pyrrole nitrogens is 1. The molecule has 1 aromatic rings. The smallest absolute Gasteiger partial charge is 0.326 e. The second-order valence-corrected chi connectivity index (χ2v) is 2.29. The van der Waals surface area contributed by atoms with Crippen molar-refractivity contribution in [1.29, 1.82) is 0 Å². The topological polar surface area (TPSA) is 80.9 Å². The van der Waals surface area contributed by atoms with E-state index in [1.165, 1.54) is 10.8 Å². The summed E-state index contributed by atoms with van der Waals surface area (Å²) >= 11 is 0. The van der Waals surface area contributed by atoms with Crippen molar-refractivity contribution in [3.05, 3.63) is 22.4 Å². The molecule has 0 aliphatic carbocycles. The van der Waals surface area contributed by atoms with Crippen LogP contribution in [0.3, 0.4) is 0 Å². The summed E-state index contributed by atoms with van der Waals surface area (Å²) in [6.07, 6.45) is 1.53. The van der Waals surface area contributed by atoms with Gasteiger partial charge in [-0.05, 0) is 6.92 Å². The Morgan fingerprint density at radius 1 is 1.82 bits per heavy atom. The predicted octanol–water partition coefficient (Wildman–Crippen LogP) is -1.03. The number of carbonyl (C=O) groups is 1. The lowest BCUT2D eigenvalue weighted by Crippen LogP contribution is -2.26. The Bertz CT molecular complexity index is 323. The average Bonchev–Trinajstić information content (AvgIpc) is 2.18. The number of rotatable bonds is 2. The Hall–Kier alpha value is -1.52. The Balaban J connectivity index is 3.01. The van der Waals surface area contributed by atoms with Gasteiger partial charge in [-0.2, -0.15) is 0 Å². The second kappa shape index (κ2) is 2.61. The van der Waals surface area contributed by atoms with Crippen molar-refractivity contribution in [3.63, 3.8) is 0 Å². The summed E-state index contributed by atoms with van der Waals surface area (Å²) in [5, 5.41) is 0. The van der Waals surface area contributed by atoms with Gasteiger partial charge in [-0.3, -0.25) is 9.36 Å². The lowest BCUT2D eigenvalue weighted by Gasteiger charge is -1.97. The first-order chi connectivity index (χ1) is 5.11. The third-order valence-electron chi connectivity index (χ3n) is 1.39. The van der Waals surface area contributed by atoms with E-state index in [1.807, 2.05) is 0 Å². The van der Waals surface area contributed by atoms with Crippen LogP contribution in [0, 0.1) is 6.92 Å². The molecule has 0 aromatic carbocycles. The van der Waals surface area contributed by atoms with Crippen LogP contribution in [0.5, 0.6) is 0 Å². The Morgan fingerprint density at radius 3 is 2.82 bits per heavy atom. The van der Waals surface area contributed by atoms with Gasteiger partial charge in [0, 0.05) is 11.9 Å². The molecule has 1 heterocycles. The van der Waals surface area contributed by atoms with Gasteiger partial charge in [-0.15, -0.1) is 0 Å². The van der Waals surface area contributed by atoms with Gasteiger partial charge >= 0.3 is 5.69 Å². The molecule has 0 bridgehead atoms. The number of aryl methyl sites for hydroxylation is 1. The van der Waals surface area contributed by atoms with E-state index in [4.69, 9.17) is 5.73 Å². The molecule has 5 heteroatoms. The molecule has 0 radical (unpaired) electrons. The van der Waals surface area contributed by atoms with E-state index in [9.17, 15) is 9.59 Å². The molecule has 0 aliphatic rings. The van der Waals surface area contributed by atoms with E-state index < -0.39 is 5.91 Å². The summed E-state index contributed by atoms with van der Waals surface area (Å²) in [6, 6.07) is 0. The van der Waals surface area contributed by atoms with Crippen LogP contribution in [0.1, 0.15) is 5.69 Å². The summed E-state index contributed by atoms with van der Waals surface area (Å²) in [5.74, 6) is -0.519.